The van der Waals surface area contributed by atoms with Crippen molar-refractivity contribution < 1.29 is 9.18 Å². The first-order chi connectivity index (χ1) is 14.0. The first-order valence-electron chi connectivity index (χ1n) is 8.76. The summed E-state index contributed by atoms with van der Waals surface area (Å²) >= 11 is 6.03. The highest BCUT2D eigenvalue weighted by Gasteiger charge is 2.13. The number of nitrogens with zero attached hydrogens (tertiary/aromatic N) is 4. The Morgan fingerprint density at radius 2 is 1.90 bits per heavy atom. The van der Waals surface area contributed by atoms with Crippen LogP contribution in [0.1, 0.15) is 6.42 Å². The van der Waals surface area contributed by atoms with Crippen molar-refractivity contribution in [2.45, 2.75) is 13.0 Å². The van der Waals surface area contributed by atoms with Crippen molar-refractivity contribution >= 4 is 34.2 Å². The van der Waals surface area contributed by atoms with Gasteiger partial charge in [-0.3, -0.25) is 14.2 Å². The number of hydrogen-bond acceptors (Lipinski definition) is 4. The molecule has 4 rings (SSSR count). The van der Waals surface area contributed by atoms with Crippen LogP contribution < -0.4 is 10.9 Å². The Hall–Kier alpha value is -3.52. The minimum absolute atomic E-state index is 0.0738. The van der Waals surface area contributed by atoms with Crippen molar-refractivity contribution in [3.8, 4) is 5.69 Å². The van der Waals surface area contributed by atoms with Crippen molar-refractivity contribution in [2.75, 3.05) is 5.32 Å². The summed E-state index contributed by atoms with van der Waals surface area (Å²) in [5, 5.41) is 7.64. The van der Waals surface area contributed by atoms with Gasteiger partial charge in [-0.25, -0.2) is 14.1 Å². The van der Waals surface area contributed by atoms with Crippen LogP contribution in [0.2, 0.25) is 5.02 Å². The number of carbonyl (C=O) groups is 1. The molecule has 0 radical (unpaired) electrons. The quantitative estimate of drug-likeness (QED) is 0.545. The summed E-state index contributed by atoms with van der Waals surface area (Å²) in [7, 11) is 0. The average Bonchev–Trinajstić information content (AvgIpc) is 3.15. The zero-order valence-electron chi connectivity index (χ0n) is 15.0. The van der Waals surface area contributed by atoms with Gasteiger partial charge in [0.2, 0.25) is 5.91 Å². The summed E-state index contributed by atoms with van der Waals surface area (Å²) in [6, 6.07) is 12.6. The van der Waals surface area contributed by atoms with Gasteiger partial charge in [0.1, 0.15) is 11.2 Å². The van der Waals surface area contributed by atoms with E-state index in [2.05, 4.69) is 15.4 Å². The van der Waals surface area contributed by atoms with Gasteiger partial charge in [0.25, 0.3) is 5.56 Å². The molecule has 146 valence electrons. The molecule has 0 fully saturated rings. The minimum Gasteiger partial charge on any atom is -0.325 e. The van der Waals surface area contributed by atoms with E-state index in [4.69, 9.17) is 11.6 Å². The molecule has 0 aliphatic rings. The van der Waals surface area contributed by atoms with E-state index in [1.54, 1.807) is 36.4 Å². The van der Waals surface area contributed by atoms with Gasteiger partial charge in [-0.15, -0.1) is 0 Å². The van der Waals surface area contributed by atoms with E-state index in [-0.39, 0.29) is 30.2 Å². The van der Waals surface area contributed by atoms with Crippen LogP contribution in [0.4, 0.5) is 10.1 Å². The number of fused-ring (bicyclic) bond motifs is 1. The van der Waals surface area contributed by atoms with Crippen LogP contribution in [0, 0.1) is 5.82 Å². The fourth-order valence-corrected chi connectivity index (χ4v) is 3.06. The summed E-state index contributed by atoms with van der Waals surface area (Å²) in [6.45, 7) is 0.153. The van der Waals surface area contributed by atoms with Crippen LogP contribution >= 0.6 is 11.6 Å². The molecule has 0 unspecified atom stereocenters. The SMILES string of the molecule is O=C(CCn1cnc2c(cnn2-c2ccc(F)cc2)c1=O)Nc1ccccc1Cl. The van der Waals surface area contributed by atoms with Gasteiger partial charge in [0.15, 0.2) is 5.65 Å². The molecule has 0 aliphatic carbocycles. The number of carbonyl (C=O) groups excluding carboxylic acids is 1. The van der Waals surface area contributed by atoms with Crippen LogP contribution in [-0.4, -0.2) is 25.2 Å². The van der Waals surface area contributed by atoms with Crippen LogP contribution in [0.25, 0.3) is 16.7 Å². The van der Waals surface area contributed by atoms with Crippen LogP contribution in [0.5, 0.6) is 0 Å². The Kier molecular flexibility index (Phi) is 5.09. The molecule has 7 nitrogen and oxygen atoms in total. The van der Waals surface area contributed by atoms with Gasteiger partial charge in [-0.05, 0) is 36.4 Å². The fraction of sp³-hybridized carbons (Fsp3) is 0.100. The van der Waals surface area contributed by atoms with Crippen molar-refractivity contribution in [1.82, 2.24) is 19.3 Å². The molecule has 0 saturated carbocycles. The maximum absolute atomic E-state index is 13.1. The summed E-state index contributed by atoms with van der Waals surface area (Å²) in [4.78, 5) is 29.2. The average molecular weight is 412 g/mol. The number of hydrogen-bond donors (Lipinski definition) is 1. The number of nitrogens with one attached hydrogen (secondary N) is 1. The highest BCUT2D eigenvalue weighted by molar-refractivity contribution is 6.33. The zero-order chi connectivity index (χ0) is 20.4. The van der Waals surface area contributed by atoms with Gasteiger partial charge in [-0.2, -0.15) is 5.10 Å². The van der Waals surface area contributed by atoms with Gasteiger partial charge in [-0.1, -0.05) is 23.7 Å². The van der Waals surface area contributed by atoms with Gasteiger partial charge in [0, 0.05) is 13.0 Å². The lowest BCUT2D eigenvalue weighted by Gasteiger charge is -2.08. The summed E-state index contributed by atoms with van der Waals surface area (Å²) in [5.41, 5.74) is 1.15. The molecule has 0 saturated heterocycles. The Labute approximate surface area is 169 Å². The van der Waals surface area contributed by atoms with Gasteiger partial charge in [0.05, 0.1) is 28.9 Å². The van der Waals surface area contributed by atoms with Crippen LogP contribution in [-0.2, 0) is 11.3 Å². The third kappa shape index (κ3) is 3.88. The van der Waals surface area contributed by atoms with E-state index in [0.29, 0.717) is 27.4 Å². The summed E-state index contributed by atoms with van der Waals surface area (Å²) in [5.74, 6) is -0.636. The highest BCUT2D eigenvalue weighted by Crippen LogP contribution is 2.20. The molecule has 2 aromatic heterocycles. The Morgan fingerprint density at radius 1 is 1.14 bits per heavy atom. The highest BCUT2D eigenvalue weighted by atomic mass is 35.5. The van der Waals surface area contributed by atoms with E-state index < -0.39 is 0 Å². The number of para-hydroxylation sites is 1. The normalized spacial score (nSPS) is 11.0. The molecule has 1 amide bonds. The van der Waals surface area contributed by atoms with Crippen LogP contribution in [0.15, 0.2) is 65.8 Å². The maximum atomic E-state index is 13.1. The summed E-state index contributed by atoms with van der Waals surface area (Å²) < 4.78 is 15.9. The molecule has 2 heterocycles. The Morgan fingerprint density at radius 3 is 2.66 bits per heavy atom. The lowest BCUT2D eigenvalue weighted by atomic mass is 10.3. The molecule has 1 N–H and O–H groups in total. The number of benzene rings is 2. The monoisotopic (exact) mass is 411 g/mol. The molecule has 0 aliphatic heterocycles. The van der Waals surface area contributed by atoms with E-state index in [0.717, 1.165) is 0 Å². The second-order valence-corrected chi connectivity index (χ2v) is 6.70. The lowest BCUT2D eigenvalue weighted by Crippen LogP contribution is -2.23. The number of aryl methyl sites for hydroxylation is 1. The van der Waals surface area contributed by atoms with E-state index in [9.17, 15) is 14.0 Å². The fourth-order valence-electron chi connectivity index (χ4n) is 2.88. The van der Waals surface area contributed by atoms with Gasteiger partial charge >= 0.3 is 0 Å². The van der Waals surface area contributed by atoms with Crippen molar-refractivity contribution in [1.29, 1.82) is 0 Å². The first-order valence-corrected chi connectivity index (χ1v) is 9.14. The number of anilines is 1. The van der Waals surface area contributed by atoms with E-state index in [1.807, 2.05) is 0 Å². The first kappa shape index (κ1) is 18.8. The second-order valence-electron chi connectivity index (χ2n) is 6.29. The summed E-state index contributed by atoms with van der Waals surface area (Å²) in [6.07, 6.45) is 2.86. The zero-order valence-corrected chi connectivity index (χ0v) is 15.8. The predicted octanol–water partition coefficient (Wildman–Crippen LogP) is 3.40. The molecule has 4 aromatic rings. The largest absolute Gasteiger partial charge is 0.325 e. The maximum Gasteiger partial charge on any atom is 0.264 e. The molecular formula is C20H15ClFN5O2. The van der Waals surface area contributed by atoms with E-state index >= 15 is 0 Å². The number of aromatic nitrogens is 4. The molecule has 2 aromatic carbocycles. The number of amides is 1. The smallest absolute Gasteiger partial charge is 0.264 e. The van der Waals surface area contributed by atoms with Crippen molar-refractivity contribution in [2.24, 2.45) is 0 Å². The topological polar surface area (TPSA) is 81.8 Å². The number of halogens is 2. The molecule has 29 heavy (non-hydrogen) atoms. The number of rotatable bonds is 5. The molecule has 0 atom stereocenters. The molecule has 0 bridgehead atoms. The van der Waals surface area contributed by atoms with Crippen molar-refractivity contribution in [3.63, 3.8) is 0 Å². The van der Waals surface area contributed by atoms with E-state index in [1.165, 1.54) is 33.9 Å². The Balaban J connectivity index is 1.52. The van der Waals surface area contributed by atoms with Gasteiger partial charge < -0.3 is 5.32 Å². The van der Waals surface area contributed by atoms with Crippen molar-refractivity contribution in [3.05, 3.63) is 82.2 Å². The predicted molar refractivity (Wildman–Crippen MR) is 108 cm³/mol. The third-order valence-electron chi connectivity index (χ3n) is 4.35. The molecule has 9 heteroatoms. The minimum atomic E-state index is -0.365. The second kappa shape index (κ2) is 7.84. The standard InChI is InChI=1S/C20H15ClFN5O2/c21-16-3-1-2-4-17(16)25-18(28)9-10-26-12-23-19-15(20(26)29)11-24-27(19)14-7-5-13(22)6-8-14/h1-8,11-12H,9-10H2,(H,25,28). The molecular weight excluding hydrogens is 397 g/mol. The Bertz CT molecular complexity index is 1250. The lowest BCUT2D eigenvalue weighted by molar-refractivity contribution is -0.116. The molecule has 0 spiro atoms. The van der Waals surface area contributed by atoms with Crippen LogP contribution in [0.3, 0.4) is 0 Å². The third-order valence-corrected chi connectivity index (χ3v) is 4.68.